The Bertz CT molecular complexity index is 520. The van der Waals surface area contributed by atoms with Crippen molar-refractivity contribution >= 4 is 16.3 Å². The number of thiophene rings is 1. The summed E-state index contributed by atoms with van der Waals surface area (Å²) in [6.07, 6.45) is 1.56. The van der Waals surface area contributed by atoms with Crippen molar-refractivity contribution in [3.8, 4) is 10.8 Å². The number of hydrogen-bond donors (Lipinski definition) is 1. The normalized spacial score (nSPS) is 10.6. The van der Waals surface area contributed by atoms with Crippen molar-refractivity contribution in [3.63, 3.8) is 0 Å². The van der Waals surface area contributed by atoms with E-state index in [2.05, 4.69) is 10.3 Å². The van der Waals surface area contributed by atoms with Crippen LogP contribution in [-0.2, 0) is 6.54 Å². The Balaban J connectivity index is 2.15. The molecule has 2 aromatic rings. The smallest absolute Gasteiger partial charge is 0.324 e. The highest BCUT2D eigenvalue weighted by molar-refractivity contribution is 7.18. The first-order valence-electron chi connectivity index (χ1n) is 5.10. The lowest BCUT2D eigenvalue weighted by atomic mass is 10.4. The van der Waals surface area contributed by atoms with Gasteiger partial charge in [0.1, 0.15) is 6.26 Å². The largest absolute Gasteiger partial charge is 0.444 e. The molecule has 2 aromatic heterocycles. The van der Waals surface area contributed by atoms with Crippen LogP contribution in [0, 0.1) is 10.1 Å². The minimum atomic E-state index is -0.420. The highest BCUT2D eigenvalue weighted by atomic mass is 32.1. The number of rotatable bonds is 5. The van der Waals surface area contributed by atoms with Crippen LogP contribution in [0.1, 0.15) is 12.6 Å². The van der Waals surface area contributed by atoms with Crippen molar-refractivity contribution < 1.29 is 9.34 Å². The predicted molar refractivity (Wildman–Crippen MR) is 63.9 cm³/mol. The van der Waals surface area contributed by atoms with Gasteiger partial charge in [0.05, 0.1) is 15.5 Å². The van der Waals surface area contributed by atoms with Gasteiger partial charge in [0.2, 0.25) is 5.89 Å². The molecule has 17 heavy (non-hydrogen) atoms. The van der Waals surface area contributed by atoms with E-state index in [1.165, 1.54) is 6.07 Å². The third-order valence-electron chi connectivity index (χ3n) is 2.09. The zero-order valence-corrected chi connectivity index (χ0v) is 9.99. The van der Waals surface area contributed by atoms with Crippen molar-refractivity contribution in [3.05, 3.63) is 34.2 Å². The maximum atomic E-state index is 10.5. The molecule has 0 unspecified atom stereocenters. The van der Waals surface area contributed by atoms with Gasteiger partial charge in [-0.25, -0.2) is 4.98 Å². The molecular weight excluding hydrogens is 242 g/mol. The van der Waals surface area contributed by atoms with Gasteiger partial charge in [-0.2, -0.15) is 0 Å². The second-order valence-corrected chi connectivity index (χ2v) is 4.38. The van der Waals surface area contributed by atoms with Crippen LogP contribution < -0.4 is 5.32 Å². The summed E-state index contributed by atoms with van der Waals surface area (Å²) < 4.78 is 5.28. The summed E-state index contributed by atoms with van der Waals surface area (Å²) in [5.41, 5.74) is 0.790. The maximum absolute atomic E-state index is 10.5. The summed E-state index contributed by atoms with van der Waals surface area (Å²) in [4.78, 5) is 15.0. The molecule has 0 bridgehead atoms. The molecule has 0 aliphatic carbocycles. The molecule has 0 aliphatic rings. The lowest BCUT2D eigenvalue weighted by Crippen LogP contribution is -2.11. The van der Waals surface area contributed by atoms with Gasteiger partial charge < -0.3 is 9.73 Å². The second kappa shape index (κ2) is 5.07. The highest BCUT2D eigenvalue weighted by Crippen LogP contribution is 2.31. The number of aromatic nitrogens is 1. The van der Waals surface area contributed by atoms with E-state index in [0.29, 0.717) is 17.3 Å². The van der Waals surface area contributed by atoms with Crippen LogP contribution >= 0.6 is 11.3 Å². The van der Waals surface area contributed by atoms with Crippen LogP contribution in [-0.4, -0.2) is 16.5 Å². The third-order valence-corrected chi connectivity index (χ3v) is 3.12. The van der Waals surface area contributed by atoms with E-state index in [-0.39, 0.29) is 5.00 Å². The first-order valence-corrected chi connectivity index (χ1v) is 5.92. The van der Waals surface area contributed by atoms with Crippen LogP contribution in [0.4, 0.5) is 5.00 Å². The minimum Gasteiger partial charge on any atom is -0.444 e. The summed E-state index contributed by atoms with van der Waals surface area (Å²) in [6, 6.07) is 3.10. The van der Waals surface area contributed by atoms with Crippen LogP contribution in [0.15, 0.2) is 22.8 Å². The SMILES string of the molecule is CCNCc1coc(-c2ccc([N+](=O)[O-])s2)n1. The number of nitrogens with zero attached hydrogens (tertiary/aromatic N) is 2. The van der Waals surface area contributed by atoms with Gasteiger partial charge in [-0.15, -0.1) is 0 Å². The van der Waals surface area contributed by atoms with E-state index in [0.717, 1.165) is 23.6 Å². The monoisotopic (exact) mass is 253 g/mol. The van der Waals surface area contributed by atoms with E-state index in [1.807, 2.05) is 6.92 Å². The molecule has 0 spiro atoms. The summed E-state index contributed by atoms with van der Waals surface area (Å²) in [5, 5.41) is 13.8. The minimum absolute atomic E-state index is 0.0893. The first-order chi connectivity index (χ1) is 8.20. The average molecular weight is 253 g/mol. The molecule has 2 rings (SSSR count). The fraction of sp³-hybridized carbons (Fsp3) is 0.300. The summed E-state index contributed by atoms with van der Waals surface area (Å²) in [7, 11) is 0. The van der Waals surface area contributed by atoms with Gasteiger partial charge in [-0.1, -0.05) is 18.3 Å². The molecule has 0 fully saturated rings. The summed E-state index contributed by atoms with van der Waals surface area (Å²) >= 11 is 1.06. The molecule has 2 heterocycles. The number of nitro groups is 1. The molecule has 0 aliphatic heterocycles. The summed E-state index contributed by atoms with van der Waals surface area (Å²) in [6.45, 7) is 3.49. The van der Waals surface area contributed by atoms with Crippen molar-refractivity contribution in [2.75, 3.05) is 6.54 Å². The first kappa shape index (κ1) is 11.7. The van der Waals surface area contributed by atoms with E-state index < -0.39 is 4.92 Å². The quantitative estimate of drug-likeness (QED) is 0.653. The van der Waals surface area contributed by atoms with Crippen molar-refractivity contribution in [2.24, 2.45) is 0 Å². The lowest BCUT2D eigenvalue weighted by Gasteiger charge is -1.93. The lowest BCUT2D eigenvalue weighted by molar-refractivity contribution is -0.380. The molecular formula is C10H11N3O3S. The third kappa shape index (κ3) is 2.69. The molecule has 0 radical (unpaired) electrons. The average Bonchev–Trinajstić information content (AvgIpc) is 2.94. The number of nitrogens with one attached hydrogen (secondary N) is 1. The summed E-state index contributed by atoms with van der Waals surface area (Å²) in [5.74, 6) is 0.427. The molecule has 1 N–H and O–H groups in total. The Labute approximate surface area is 101 Å². The van der Waals surface area contributed by atoms with Gasteiger partial charge >= 0.3 is 5.00 Å². The molecule has 0 saturated carbocycles. The molecule has 0 aromatic carbocycles. The van der Waals surface area contributed by atoms with E-state index in [9.17, 15) is 10.1 Å². The molecule has 6 nitrogen and oxygen atoms in total. The van der Waals surface area contributed by atoms with Gasteiger partial charge in [0, 0.05) is 12.6 Å². The molecule has 0 saturated heterocycles. The van der Waals surface area contributed by atoms with Crippen molar-refractivity contribution in [2.45, 2.75) is 13.5 Å². The van der Waals surface area contributed by atoms with E-state index >= 15 is 0 Å². The van der Waals surface area contributed by atoms with Gasteiger partial charge in [0.25, 0.3) is 0 Å². The molecule has 7 heteroatoms. The fourth-order valence-electron chi connectivity index (χ4n) is 1.30. The zero-order chi connectivity index (χ0) is 12.3. The topological polar surface area (TPSA) is 81.2 Å². The van der Waals surface area contributed by atoms with Gasteiger partial charge in [-0.3, -0.25) is 10.1 Å². The van der Waals surface area contributed by atoms with Crippen LogP contribution in [0.2, 0.25) is 0 Å². The molecule has 90 valence electrons. The second-order valence-electron chi connectivity index (χ2n) is 3.32. The Hall–Kier alpha value is -1.73. The Kier molecular flexibility index (Phi) is 3.50. The van der Waals surface area contributed by atoms with Crippen LogP contribution in [0.3, 0.4) is 0 Å². The Morgan fingerprint density at radius 1 is 1.59 bits per heavy atom. The Morgan fingerprint density at radius 3 is 3.06 bits per heavy atom. The number of oxazole rings is 1. The van der Waals surface area contributed by atoms with Gasteiger partial charge in [-0.05, 0) is 12.6 Å². The zero-order valence-electron chi connectivity index (χ0n) is 9.17. The number of hydrogen-bond acceptors (Lipinski definition) is 6. The molecule has 0 amide bonds. The van der Waals surface area contributed by atoms with Crippen molar-refractivity contribution in [1.29, 1.82) is 0 Å². The maximum Gasteiger partial charge on any atom is 0.324 e. The van der Waals surface area contributed by atoms with E-state index in [1.54, 1.807) is 12.3 Å². The highest BCUT2D eigenvalue weighted by Gasteiger charge is 2.14. The van der Waals surface area contributed by atoms with Crippen molar-refractivity contribution in [1.82, 2.24) is 10.3 Å². The van der Waals surface area contributed by atoms with E-state index in [4.69, 9.17) is 4.42 Å². The standard InChI is InChI=1S/C10H11N3O3S/c1-2-11-5-7-6-16-10(12-7)8-3-4-9(17-8)13(14)15/h3-4,6,11H,2,5H2,1H3. The van der Waals surface area contributed by atoms with Gasteiger partial charge in [0.15, 0.2) is 0 Å². The predicted octanol–water partition coefficient (Wildman–Crippen LogP) is 2.42. The Morgan fingerprint density at radius 2 is 2.41 bits per heavy atom. The fourth-order valence-corrected chi connectivity index (χ4v) is 2.05. The van der Waals surface area contributed by atoms with Crippen LogP contribution in [0.25, 0.3) is 10.8 Å². The molecule has 0 atom stereocenters. The van der Waals surface area contributed by atoms with Crippen LogP contribution in [0.5, 0.6) is 0 Å².